The third-order valence-electron chi connectivity index (χ3n) is 3.82. The van der Waals surface area contributed by atoms with Gasteiger partial charge in [0.05, 0.1) is 21.2 Å². The van der Waals surface area contributed by atoms with Crippen molar-refractivity contribution in [1.82, 2.24) is 4.72 Å². The highest BCUT2D eigenvalue weighted by atomic mass is 35.5. The molecule has 1 aliphatic rings. The molecule has 13 heteroatoms. The second-order valence-electron chi connectivity index (χ2n) is 5.74. The molecule has 0 aliphatic carbocycles. The fourth-order valence-electron chi connectivity index (χ4n) is 2.60. The number of hydrogen-bond donors (Lipinski definition) is 3. The molecule has 0 saturated heterocycles. The molecule has 28 heavy (non-hydrogen) atoms. The van der Waals surface area contributed by atoms with Gasteiger partial charge in [0.15, 0.2) is 0 Å². The summed E-state index contributed by atoms with van der Waals surface area (Å²) in [5.41, 5.74) is 0.203. The van der Waals surface area contributed by atoms with Crippen LogP contribution in [0.3, 0.4) is 0 Å². The Morgan fingerprint density at radius 2 is 1.93 bits per heavy atom. The van der Waals surface area contributed by atoms with Crippen LogP contribution in [0.5, 0.6) is 0 Å². The molecule has 4 N–H and O–H groups in total. The minimum atomic E-state index is -4.22. The fourth-order valence-corrected chi connectivity index (χ4v) is 5.05. The number of nitrogens with one attached hydrogen (secondary N) is 2. The number of nitrogens with zero attached hydrogens (tertiary/aromatic N) is 1. The molecule has 0 bridgehead atoms. The number of nitrogens with two attached hydrogens (primary N) is 1. The summed E-state index contributed by atoms with van der Waals surface area (Å²) in [4.78, 5) is 9.65. The molecule has 0 amide bonds. The van der Waals surface area contributed by atoms with E-state index in [0.717, 1.165) is 12.1 Å². The molecule has 10 nitrogen and oxygen atoms in total. The first-order valence-corrected chi connectivity index (χ1v) is 11.0. The molecule has 0 spiro atoms. The lowest BCUT2D eigenvalue weighted by molar-refractivity contribution is -0.385. The van der Waals surface area contributed by atoms with E-state index in [1.54, 1.807) is 6.07 Å². The van der Waals surface area contributed by atoms with Crippen LogP contribution in [0, 0.1) is 10.1 Å². The van der Waals surface area contributed by atoms with E-state index >= 15 is 0 Å². The molecule has 2 aromatic rings. The Morgan fingerprint density at radius 3 is 2.57 bits per heavy atom. The number of nitro groups is 1. The molecular weight excluding hydrogens is 432 g/mol. The molecule has 3 rings (SSSR count). The van der Waals surface area contributed by atoms with E-state index in [0.29, 0.717) is 0 Å². The van der Waals surface area contributed by atoms with Crippen LogP contribution in [0.2, 0.25) is 5.02 Å². The predicted octanol–water partition coefficient (Wildman–Crippen LogP) is 1.64. The van der Waals surface area contributed by atoms with Crippen LogP contribution in [0.15, 0.2) is 52.3 Å². The summed E-state index contributed by atoms with van der Waals surface area (Å²) >= 11 is 5.91. The summed E-state index contributed by atoms with van der Waals surface area (Å²) in [6, 6.07) is 7.95. The number of primary sulfonamides is 1. The largest absolute Gasteiger partial charge is 0.365 e. The molecule has 1 heterocycles. The molecule has 0 aromatic heterocycles. The highest BCUT2D eigenvalue weighted by Crippen LogP contribution is 2.33. The van der Waals surface area contributed by atoms with Gasteiger partial charge in [-0.3, -0.25) is 10.1 Å². The first-order valence-electron chi connectivity index (χ1n) is 7.56. The maximum absolute atomic E-state index is 12.5. The predicted molar refractivity (Wildman–Crippen MR) is 103 cm³/mol. The third-order valence-corrected chi connectivity index (χ3v) is 6.68. The van der Waals surface area contributed by atoms with Crippen molar-refractivity contribution in [2.75, 3.05) is 5.32 Å². The Labute approximate surface area is 165 Å². The normalized spacial score (nSPS) is 18.4. The summed E-state index contributed by atoms with van der Waals surface area (Å²) in [5, 5.41) is 18.7. The smallest absolute Gasteiger partial charge is 0.276 e. The van der Waals surface area contributed by atoms with Gasteiger partial charge >= 0.3 is 0 Å². The van der Waals surface area contributed by atoms with E-state index in [9.17, 15) is 26.9 Å². The van der Waals surface area contributed by atoms with Crippen molar-refractivity contribution in [2.24, 2.45) is 5.14 Å². The second-order valence-corrected chi connectivity index (χ2v) is 9.36. The van der Waals surface area contributed by atoms with Crippen molar-refractivity contribution in [3.05, 3.63) is 63.2 Å². The Hall–Kier alpha value is -2.51. The lowest BCUT2D eigenvalue weighted by atomic mass is 10.1. The Balaban J connectivity index is 1.99. The van der Waals surface area contributed by atoms with Gasteiger partial charge in [-0.25, -0.2) is 22.0 Å². The summed E-state index contributed by atoms with van der Waals surface area (Å²) in [6.45, 7) is 0. The molecule has 148 valence electrons. The lowest BCUT2D eigenvalue weighted by Gasteiger charge is -2.26. The van der Waals surface area contributed by atoms with Crippen molar-refractivity contribution >= 4 is 49.1 Å². The Morgan fingerprint density at radius 1 is 1.25 bits per heavy atom. The molecule has 2 aromatic carbocycles. The topological polar surface area (TPSA) is 162 Å². The van der Waals surface area contributed by atoms with Gasteiger partial charge in [-0.05, 0) is 30.4 Å². The minimum absolute atomic E-state index is 0.0633. The molecular formula is C15H13ClN4O6S2. The number of sulfonamides is 2. The fraction of sp³-hybridized carbons (Fsp3) is 0.0667. The van der Waals surface area contributed by atoms with Crippen LogP contribution in [0.1, 0.15) is 5.56 Å². The summed E-state index contributed by atoms with van der Waals surface area (Å²) in [7, 11) is -8.32. The van der Waals surface area contributed by atoms with E-state index in [1.165, 1.54) is 30.4 Å². The molecule has 0 unspecified atom stereocenters. The van der Waals surface area contributed by atoms with Crippen molar-refractivity contribution < 1.29 is 21.8 Å². The van der Waals surface area contributed by atoms with E-state index < -0.39 is 36.0 Å². The Kier molecular flexibility index (Phi) is 5.16. The average molecular weight is 445 g/mol. The number of para-hydroxylation sites is 1. The maximum Gasteiger partial charge on any atom is 0.276 e. The van der Waals surface area contributed by atoms with E-state index in [1.807, 2.05) is 0 Å². The summed E-state index contributed by atoms with van der Waals surface area (Å²) in [6.07, 6.45) is 1.82. The highest BCUT2D eigenvalue weighted by molar-refractivity contribution is 7.90. The first-order chi connectivity index (χ1) is 13.0. The van der Waals surface area contributed by atoms with E-state index in [-0.39, 0.29) is 26.9 Å². The van der Waals surface area contributed by atoms with Gasteiger partial charge in [-0.1, -0.05) is 23.7 Å². The molecule has 0 saturated carbocycles. The zero-order chi connectivity index (χ0) is 20.7. The summed E-state index contributed by atoms with van der Waals surface area (Å²) in [5.74, 6) is 0. The Bertz CT molecular complexity index is 1210. The number of halogens is 1. The van der Waals surface area contributed by atoms with Gasteiger partial charge in [-0.15, -0.1) is 0 Å². The third kappa shape index (κ3) is 4.00. The van der Waals surface area contributed by atoms with Crippen molar-refractivity contribution in [1.29, 1.82) is 0 Å². The zero-order valence-electron chi connectivity index (χ0n) is 13.9. The number of hydrogen-bond acceptors (Lipinski definition) is 7. The van der Waals surface area contributed by atoms with Crippen molar-refractivity contribution in [2.45, 2.75) is 16.0 Å². The second kappa shape index (κ2) is 7.14. The SMILES string of the molecule is NS(=O)(=O)c1cc2c(cc1Cl)N[C@@H](/C=C/c1ccccc1[N+](=O)[O-])NS2(=O)=O. The number of benzene rings is 2. The number of anilines is 1. The zero-order valence-corrected chi connectivity index (χ0v) is 16.3. The van der Waals surface area contributed by atoms with Gasteiger partial charge < -0.3 is 5.32 Å². The number of fused-ring (bicyclic) bond motifs is 1. The molecule has 0 fully saturated rings. The average Bonchev–Trinajstić information content (AvgIpc) is 2.57. The minimum Gasteiger partial charge on any atom is -0.365 e. The first kappa shape index (κ1) is 20.2. The molecule has 1 aliphatic heterocycles. The van der Waals surface area contributed by atoms with Crippen LogP contribution >= 0.6 is 11.6 Å². The van der Waals surface area contributed by atoms with Crippen molar-refractivity contribution in [3.8, 4) is 0 Å². The monoisotopic (exact) mass is 444 g/mol. The maximum atomic E-state index is 12.5. The van der Waals surface area contributed by atoms with Crippen LogP contribution in [0.4, 0.5) is 11.4 Å². The van der Waals surface area contributed by atoms with Crippen LogP contribution in [-0.2, 0) is 20.0 Å². The van der Waals surface area contributed by atoms with Gasteiger partial charge in [0.25, 0.3) is 5.69 Å². The summed E-state index contributed by atoms with van der Waals surface area (Å²) < 4.78 is 50.4. The van der Waals surface area contributed by atoms with Crippen molar-refractivity contribution in [3.63, 3.8) is 0 Å². The lowest BCUT2D eigenvalue weighted by Crippen LogP contribution is -2.43. The molecule has 1 atom stereocenters. The number of nitro benzene ring substituents is 1. The number of rotatable bonds is 4. The van der Waals surface area contributed by atoms with Gasteiger partial charge in [0, 0.05) is 6.07 Å². The van der Waals surface area contributed by atoms with Gasteiger partial charge in [-0.2, -0.15) is 4.72 Å². The van der Waals surface area contributed by atoms with Crippen LogP contribution < -0.4 is 15.2 Å². The quantitative estimate of drug-likeness (QED) is 0.476. The van der Waals surface area contributed by atoms with Gasteiger partial charge in [0.1, 0.15) is 16.0 Å². The van der Waals surface area contributed by atoms with E-state index in [4.69, 9.17) is 16.7 Å². The highest BCUT2D eigenvalue weighted by Gasteiger charge is 2.31. The van der Waals surface area contributed by atoms with E-state index in [2.05, 4.69) is 10.0 Å². The van der Waals surface area contributed by atoms with Crippen LogP contribution in [-0.4, -0.2) is 27.9 Å². The van der Waals surface area contributed by atoms with Gasteiger partial charge in [0.2, 0.25) is 20.0 Å². The molecule has 0 radical (unpaired) electrons. The van der Waals surface area contributed by atoms with Crippen LogP contribution in [0.25, 0.3) is 6.08 Å². The standard InChI is InChI=1S/C15H13ClN4O6S2/c16-10-7-11-14(8-13(10)27(17,23)24)28(25,26)19-15(18-11)6-5-9-3-1-2-4-12(9)20(21)22/h1-8,15,18-19H,(H2,17,23,24)/b6-5+/t15-/m1/s1.